The Labute approximate surface area is 212 Å². The number of halogens is 1. The molecular formula is C25H24BrN3O5S. The Kier molecular flexibility index (Phi) is 7.13. The molecule has 182 valence electrons. The molecule has 4 rings (SSSR count). The number of anilines is 1. The Balaban J connectivity index is 1.55. The molecule has 10 heteroatoms. The van der Waals surface area contributed by atoms with E-state index in [4.69, 9.17) is 9.47 Å². The van der Waals surface area contributed by atoms with Crippen LogP contribution in [0.15, 0.2) is 81.2 Å². The summed E-state index contributed by atoms with van der Waals surface area (Å²) in [6.07, 6.45) is 0.499. The molecule has 0 aromatic heterocycles. The topological polar surface area (TPSA) is 97.3 Å². The van der Waals surface area contributed by atoms with E-state index in [1.54, 1.807) is 56.7 Å². The van der Waals surface area contributed by atoms with E-state index in [2.05, 4.69) is 25.8 Å². The quantitative estimate of drug-likeness (QED) is 0.442. The lowest BCUT2D eigenvalue weighted by Crippen LogP contribution is -2.24. The number of carbonyl (C=O) groups excluding carboxylic acids is 1. The molecule has 1 aliphatic heterocycles. The lowest BCUT2D eigenvalue weighted by atomic mass is 9.98. The number of ether oxygens (including phenoxy) is 2. The van der Waals surface area contributed by atoms with Gasteiger partial charge < -0.3 is 9.47 Å². The predicted octanol–water partition coefficient (Wildman–Crippen LogP) is 4.96. The normalized spacial score (nSPS) is 15.5. The van der Waals surface area contributed by atoms with Gasteiger partial charge in [-0.3, -0.25) is 9.52 Å². The van der Waals surface area contributed by atoms with Gasteiger partial charge in [0, 0.05) is 29.1 Å². The minimum absolute atomic E-state index is 0.163. The molecule has 0 radical (unpaired) electrons. The van der Waals surface area contributed by atoms with Crippen LogP contribution in [0.2, 0.25) is 0 Å². The molecule has 0 saturated heterocycles. The molecule has 8 nitrogen and oxygen atoms in total. The maximum atomic E-state index is 12.7. The Morgan fingerprint density at radius 2 is 1.66 bits per heavy atom. The summed E-state index contributed by atoms with van der Waals surface area (Å²) in [5.74, 6) is 0.995. The minimum Gasteiger partial charge on any atom is -0.493 e. The lowest BCUT2D eigenvalue weighted by molar-refractivity contribution is -0.130. The number of carbonyl (C=O) groups is 1. The second-order valence-corrected chi connectivity index (χ2v) is 10.5. The molecule has 1 amide bonds. The minimum atomic E-state index is -3.72. The number of amides is 1. The number of hydrogen-bond donors (Lipinski definition) is 1. The van der Waals surface area contributed by atoms with Crippen LogP contribution in [0, 0.1) is 0 Å². The first-order chi connectivity index (χ1) is 16.7. The smallest absolute Gasteiger partial charge is 0.261 e. The fourth-order valence-electron chi connectivity index (χ4n) is 3.85. The van der Waals surface area contributed by atoms with E-state index in [-0.39, 0.29) is 16.8 Å². The highest BCUT2D eigenvalue weighted by Crippen LogP contribution is 2.36. The van der Waals surface area contributed by atoms with E-state index in [1.165, 1.54) is 24.1 Å². The van der Waals surface area contributed by atoms with Gasteiger partial charge in [0.15, 0.2) is 11.5 Å². The van der Waals surface area contributed by atoms with Gasteiger partial charge in [-0.15, -0.1) is 0 Å². The molecule has 0 bridgehead atoms. The largest absolute Gasteiger partial charge is 0.493 e. The molecule has 0 saturated carbocycles. The number of nitrogens with zero attached hydrogens (tertiary/aromatic N) is 2. The molecule has 1 atom stereocenters. The van der Waals surface area contributed by atoms with Gasteiger partial charge in [0.2, 0.25) is 5.91 Å². The number of sulfonamides is 1. The van der Waals surface area contributed by atoms with Crippen LogP contribution in [0.4, 0.5) is 5.69 Å². The molecule has 0 aliphatic carbocycles. The van der Waals surface area contributed by atoms with Crippen molar-refractivity contribution in [1.82, 2.24) is 5.01 Å². The summed E-state index contributed by atoms with van der Waals surface area (Å²) in [6, 6.07) is 18.5. The van der Waals surface area contributed by atoms with Gasteiger partial charge in [-0.1, -0.05) is 28.1 Å². The average Bonchev–Trinajstić information content (AvgIpc) is 3.30. The molecule has 1 aliphatic rings. The molecule has 1 unspecified atom stereocenters. The van der Waals surface area contributed by atoms with E-state index >= 15 is 0 Å². The zero-order chi connectivity index (χ0) is 25.2. The Morgan fingerprint density at radius 3 is 2.26 bits per heavy atom. The summed E-state index contributed by atoms with van der Waals surface area (Å²) < 4.78 is 39.4. The second-order valence-electron chi connectivity index (χ2n) is 7.88. The van der Waals surface area contributed by atoms with Crippen LogP contribution in [0.5, 0.6) is 11.5 Å². The number of hydrazone groups is 1. The number of rotatable bonds is 7. The third-order valence-electron chi connectivity index (χ3n) is 5.62. The number of hydrogen-bond acceptors (Lipinski definition) is 6. The van der Waals surface area contributed by atoms with Crippen molar-refractivity contribution in [3.8, 4) is 11.5 Å². The van der Waals surface area contributed by atoms with Crippen molar-refractivity contribution in [2.45, 2.75) is 24.3 Å². The summed E-state index contributed by atoms with van der Waals surface area (Å²) in [5, 5.41) is 6.02. The van der Waals surface area contributed by atoms with Crippen molar-refractivity contribution >= 4 is 43.3 Å². The van der Waals surface area contributed by atoms with Gasteiger partial charge in [0.1, 0.15) is 0 Å². The van der Waals surface area contributed by atoms with E-state index in [9.17, 15) is 13.2 Å². The first-order valence-electron chi connectivity index (χ1n) is 10.7. The summed E-state index contributed by atoms with van der Waals surface area (Å²) in [6.45, 7) is 1.47. The van der Waals surface area contributed by atoms with Gasteiger partial charge in [-0.05, 0) is 60.2 Å². The van der Waals surface area contributed by atoms with Crippen LogP contribution in [0.3, 0.4) is 0 Å². The van der Waals surface area contributed by atoms with Gasteiger partial charge in [-0.25, -0.2) is 13.4 Å². The Hall–Kier alpha value is -3.37. The van der Waals surface area contributed by atoms with Crippen LogP contribution in [0.1, 0.15) is 30.5 Å². The van der Waals surface area contributed by atoms with Crippen LogP contribution < -0.4 is 14.2 Å². The lowest BCUT2D eigenvalue weighted by Gasteiger charge is -2.20. The van der Waals surface area contributed by atoms with E-state index in [1.807, 2.05) is 12.1 Å². The summed E-state index contributed by atoms with van der Waals surface area (Å²) in [4.78, 5) is 12.5. The molecule has 1 N–H and O–H groups in total. The maximum Gasteiger partial charge on any atom is 0.261 e. The van der Waals surface area contributed by atoms with Gasteiger partial charge in [0.25, 0.3) is 10.0 Å². The molecule has 0 fully saturated rings. The molecule has 3 aromatic carbocycles. The zero-order valence-electron chi connectivity index (χ0n) is 19.4. The van der Waals surface area contributed by atoms with Crippen molar-refractivity contribution in [2.24, 2.45) is 5.10 Å². The van der Waals surface area contributed by atoms with E-state index < -0.39 is 10.0 Å². The monoisotopic (exact) mass is 557 g/mol. The summed E-state index contributed by atoms with van der Waals surface area (Å²) in [5.41, 5.74) is 2.83. The highest BCUT2D eigenvalue weighted by Gasteiger charge is 2.31. The molecular weight excluding hydrogens is 534 g/mol. The summed E-state index contributed by atoms with van der Waals surface area (Å²) in [7, 11) is -0.589. The predicted molar refractivity (Wildman–Crippen MR) is 137 cm³/mol. The number of nitrogens with one attached hydrogen (secondary N) is 1. The third kappa shape index (κ3) is 5.33. The number of benzene rings is 3. The first-order valence-corrected chi connectivity index (χ1v) is 13.0. The fourth-order valence-corrected chi connectivity index (χ4v) is 5.17. The Bertz CT molecular complexity index is 1370. The van der Waals surface area contributed by atoms with Crippen molar-refractivity contribution in [3.05, 3.63) is 82.3 Å². The van der Waals surface area contributed by atoms with Crippen LogP contribution >= 0.6 is 15.9 Å². The SMILES string of the molecule is COc1ccc(C2=NN(C(C)=O)C(c3ccc(NS(=O)(=O)c4ccc(Br)cc4)cc3)C2)cc1OC. The maximum absolute atomic E-state index is 12.7. The van der Waals surface area contributed by atoms with Crippen LogP contribution in [-0.2, 0) is 14.8 Å². The van der Waals surface area contributed by atoms with Crippen molar-refractivity contribution < 1.29 is 22.7 Å². The highest BCUT2D eigenvalue weighted by molar-refractivity contribution is 9.10. The van der Waals surface area contributed by atoms with Crippen LogP contribution in [-0.4, -0.2) is 39.3 Å². The first kappa shape index (κ1) is 24.7. The Morgan fingerprint density at radius 1 is 1.00 bits per heavy atom. The van der Waals surface area contributed by atoms with Crippen molar-refractivity contribution in [2.75, 3.05) is 18.9 Å². The van der Waals surface area contributed by atoms with Gasteiger partial charge in [0.05, 0.1) is 30.9 Å². The second kappa shape index (κ2) is 10.1. The van der Waals surface area contributed by atoms with Gasteiger partial charge in [-0.2, -0.15) is 5.10 Å². The summed E-state index contributed by atoms with van der Waals surface area (Å²) >= 11 is 3.30. The average molecular weight is 558 g/mol. The fraction of sp³-hybridized carbons (Fsp3) is 0.200. The van der Waals surface area contributed by atoms with E-state index in [0.29, 0.717) is 23.6 Å². The van der Waals surface area contributed by atoms with Crippen LogP contribution in [0.25, 0.3) is 0 Å². The molecule has 3 aromatic rings. The standard InChI is InChI=1S/C25H24BrN3O5S/c1-16(30)29-23(15-22(27-29)18-6-13-24(33-2)25(14-18)34-3)17-4-9-20(10-5-17)28-35(31,32)21-11-7-19(26)8-12-21/h4-14,23,28H,15H2,1-3H3. The molecule has 1 heterocycles. The zero-order valence-corrected chi connectivity index (χ0v) is 21.8. The third-order valence-corrected chi connectivity index (χ3v) is 7.55. The molecule has 0 spiro atoms. The number of methoxy groups -OCH3 is 2. The van der Waals surface area contributed by atoms with Crippen molar-refractivity contribution in [3.63, 3.8) is 0 Å². The van der Waals surface area contributed by atoms with E-state index in [0.717, 1.165) is 21.3 Å². The highest BCUT2D eigenvalue weighted by atomic mass is 79.9. The molecule has 35 heavy (non-hydrogen) atoms. The van der Waals surface area contributed by atoms with Crippen molar-refractivity contribution in [1.29, 1.82) is 0 Å². The van der Waals surface area contributed by atoms with Gasteiger partial charge >= 0.3 is 0 Å².